The number of ether oxygens (including phenoxy) is 1. The van der Waals surface area contributed by atoms with Crippen LogP contribution in [0.1, 0.15) is 20.6 Å². The number of methoxy groups -OCH3 is 1. The van der Waals surface area contributed by atoms with E-state index in [-0.39, 0.29) is 5.91 Å². The molecule has 1 atom stereocenters. The van der Waals surface area contributed by atoms with Crippen LogP contribution in [0.25, 0.3) is 10.1 Å². The third-order valence-electron chi connectivity index (χ3n) is 3.19. The number of fused-ring (bicyclic) bond motifs is 1. The molecular formula is C16H13NO3S2. The van der Waals surface area contributed by atoms with E-state index in [9.17, 15) is 9.59 Å². The van der Waals surface area contributed by atoms with E-state index >= 15 is 0 Å². The highest BCUT2D eigenvalue weighted by molar-refractivity contribution is 7.20. The molecule has 2 heterocycles. The fourth-order valence-corrected chi connectivity index (χ4v) is 3.84. The minimum atomic E-state index is -0.775. The first-order valence-corrected chi connectivity index (χ1v) is 8.29. The number of carbonyl (C=O) groups is 2. The van der Waals surface area contributed by atoms with Crippen LogP contribution in [-0.2, 0) is 9.53 Å². The number of esters is 1. The average molecular weight is 331 g/mol. The van der Waals surface area contributed by atoms with Crippen LogP contribution in [0.5, 0.6) is 0 Å². The maximum Gasteiger partial charge on any atom is 0.333 e. The minimum Gasteiger partial charge on any atom is -0.467 e. The highest BCUT2D eigenvalue weighted by Crippen LogP contribution is 2.26. The second-order valence-corrected chi connectivity index (χ2v) is 6.66. The highest BCUT2D eigenvalue weighted by atomic mass is 32.1. The van der Waals surface area contributed by atoms with Gasteiger partial charge in [-0.05, 0) is 29.0 Å². The zero-order valence-corrected chi connectivity index (χ0v) is 13.4. The number of carbonyl (C=O) groups excluding carboxylic acids is 2. The summed E-state index contributed by atoms with van der Waals surface area (Å²) in [7, 11) is 1.31. The van der Waals surface area contributed by atoms with E-state index in [1.165, 1.54) is 29.8 Å². The first-order chi connectivity index (χ1) is 10.7. The zero-order valence-electron chi connectivity index (χ0n) is 11.7. The number of benzene rings is 1. The Labute approximate surface area is 135 Å². The van der Waals surface area contributed by atoms with Crippen LogP contribution in [0.3, 0.4) is 0 Å². The zero-order chi connectivity index (χ0) is 15.5. The van der Waals surface area contributed by atoms with Crippen LogP contribution in [-0.4, -0.2) is 19.0 Å². The van der Waals surface area contributed by atoms with Gasteiger partial charge in [-0.2, -0.15) is 0 Å². The molecule has 0 fully saturated rings. The van der Waals surface area contributed by atoms with Crippen LogP contribution >= 0.6 is 22.7 Å². The molecule has 1 N–H and O–H groups in total. The number of hydrogen-bond donors (Lipinski definition) is 1. The van der Waals surface area contributed by atoms with Crippen molar-refractivity contribution in [1.29, 1.82) is 0 Å². The summed E-state index contributed by atoms with van der Waals surface area (Å²) in [6, 6.07) is 12.5. The molecule has 0 aliphatic rings. The van der Waals surface area contributed by atoms with Crippen molar-refractivity contribution in [2.75, 3.05) is 7.11 Å². The van der Waals surface area contributed by atoms with Gasteiger partial charge in [0.2, 0.25) is 0 Å². The molecule has 1 aromatic carbocycles. The van der Waals surface area contributed by atoms with Gasteiger partial charge in [0.1, 0.15) is 0 Å². The van der Waals surface area contributed by atoms with E-state index in [0.29, 0.717) is 4.88 Å². The van der Waals surface area contributed by atoms with Gasteiger partial charge in [0.25, 0.3) is 5.91 Å². The lowest BCUT2D eigenvalue weighted by Gasteiger charge is -2.14. The molecule has 2 aromatic heterocycles. The summed E-state index contributed by atoms with van der Waals surface area (Å²) < 4.78 is 5.83. The van der Waals surface area contributed by atoms with Gasteiger partial charge in [-0.1, -0.05) is 24.3 Å². The second kappa shape index (κ2) is 6.29. The highest BCUT2D eigenvalue weighted by Gasteiger charge is 2.25. The van der Waals surface area contributed by atoms with Gasteiger partial charge in [0.05, 0.1) is 12.0 Å². The van der Waals surface area contributed by atoms with Crippen LogP contribution in [0.15, 0.2) is 47.8 Å². The van der Waals surface area contributed by atoms with Gasteiger partial charge >= 0.3 is 5.97 Å². The SMILES string of the molecule is COC(=O)C(NC(=O)c1cc2ccccc2s1)c1cccs1. The summed E-state index contributed by atoms with van der Waals surface area (Å²) in [5.74, 6) is -0.748. The first kappa shape index (κ1) is 14.7. The monoisotopic (exact) mass is 331 g/mol. The molecule has 0 radical (unpaired) electrons. The normalized spacial score (nSPS) is 12.0. The second-order valence-electron chi connectivity index (χ2n) is 4.59. The van der Waals surface area contributed by atoms with Crippen LogP contribution in [0, 0.1) is 0 Å². The summed E-state index contributed by atoms with van der Waals surface area (Å²) in [5, 5.41) is 5.63. The number of rotatable bonds is 4. The van der Waals surface area contributed by atoms with E-state index < -0.39 is 12.0 Å². The van der Waals surface area contributed by atoms with Crippen LogP contribution < -0.4 is 5.32 Å². The number of amides is 1. The van der Waals surface area contributed by atoms with E-state index in [2.05, 4.69) is 5.32 Å². The fraction of sp³-hybridized carbons (Fsp3) is 0.125. The Kier molecular flexibility index (Phi) is 4.22. The predicted octanol–water partition coefficient (Wildman–Crippen LogP) is 3.61. The molecular weight excluding hydrogens is 318 g/mol. The Morgan fingerprint density at radius 2 is 2.00 bits per heavy atom. The maximum absolute atomic E-state index is 12.4. The Morgan fingerprint density at radius 3 is 2.68 bits per heavy atom. The summed E-state index contributed by atoms with van der Waals surface area (Å²) in [4.78, 5) is 25.7. The molecule has 112 valence electrons. The molecule has 0 saturated heterocycles. The summed E-state index contributed by atoms with van der Waals surface area (Å²) in [6.45, 7) is 0. The van der Waals surface area contributed by atoms with Gasteiger partial charge < -0.3 is 10.1 Å². The molecule has 0 spiro atoms. The molecule has 3 rings (SSSR count). The first-order valence-electron chi connectivity index (χ1n) is 6.59. The van der Waals surface area contributed by atoms with Gasteiger partial charge in [0, 0.05) is 9.58 Å². The number of hydrogen-bond acceptors (Lipinski definition) is 5. The van der Waals surface area contributed by atoms with Crippen molar-refractivity contribution in [3.63, 3.8) is 0 Å². The quantitative estimate of drug-likeness (QED) is 0.743. The van der Waals surface area contributed by atoms with E-state index in [0.717, 1.165) is 15.0 Å². The molecule has 0 aliphatic heterocycles. The Balaban J connectivity index is 1.86. The van der Waals surface area contributed by atoms with Gasteiger partial charge in [-0.15, -0.1) is 22.7 Å². The molecule has 0 bridgehead atoms. The molecule has 3 aromatic rings. The molecule has 22 heavy (non-hydrogen) atoms. The van der Waals surface area contributed by atoms with Crippen molar-refractivity contribution >= 4 is 44.6 Å². The molecule has 0 saturated carbocycles. The molecule has 1 amide bonds. The number of thiophene rings is 2. The minimum absolute atomic E-state index is 0.273. The average Bonchev–Trinajstić information content (AvgIpc) is 3.20. The van der Waals surface area contributed by atoms with Crippen LogP contribution in [0.4, 0.5) is 0 Å². The third-order valence-corrected chi connectivity index (χ3v) is 5.24. The smallest absolute Gasteiger partial charge is 0.333 e. The van der Waals surface area contributed by atoms with Crippen molar-refractivity contribution in [3.05, 3.63) is 57.6 Å². The number of nitrogens with one attached hydrogen (secondary N) is 1. The summed E-state index contributed by atoms with van der Waals surface area (Å²) in [5.41, 5.74) is 0. The van der Waals surface area contributed by atoms with Gasteiger partial charge in [0.15, 0.2) is 6.04 Å². The van der Waals surface area contributed by atoms with Crippen molar-refractivity contribution in [1.82, 2.24) is 5.32 Å². The molecule has 4 nitrogen and oxygen atoms in total. The predicted molar refractivity (Wildman–Crippen MR) is 88.4 cm³/mol. The topological polar surface area (TPSA) is 55.4 Å². The Morgan fingerprint density at radius 1 is 1.18 bits per heavy atom. The molecule has 1 unspecified atom stereocenters. The molecule has 0 aliphatic carbocycles. The third kappa shape index (κ3) is 2.88. The lowest BCUT2D eigenvalue weighted by atomic mass is 10.2. The van der Waals surface area contributed by atoms with Gasteiger partial charge in [-0.3, -0.25) is 4.79 Å². The fourth-order valence-electron chi connectivity index (χ4n) is 2.12. The van der Waals surface area contributed by atoms with Crippen LogP contribution in [0.2, 0.25) is 0 Å². The van der Waals surface area contributed by atoms with Crippen molar-refractivity contribution in [3.8, 4) is 0 Å². The summed E-state index contributed by atoms with van der Waals surface area (Å²) in [6.07, 6.45) is 0. The van der Waals surface area contributed by atoms with Crippen molar-refractivity contribution in [2.24, 2.45) is 0 Å². The van der Waals surface area contributed by atoms with E-state index in [1.54, 1.807) is 6.07 Å². The Bertz CT molecular complexity index is 775. The summed E-state index contributed by atoms with van der Waals surface area (Å²) >= 11 is 2.81. The Hall–Kier alpha value is -2.18. The van der Waals surface area contributed by atoms with Crippen molar-refractivity contribution < 1.29 is 14.3 Å². The lowest BCUT2D eigenvalue weighted by Crippen LogP contribution is -2.33. The lowest BCUT2D eigenvalue weighted by molar-refractivity contribution is -0.143. The van der Waals surface area contributed by atoms with E-state index in [4.69, 9.17) is 4.74 Å². The van der Waals surface area contributed by atoms with Crippen molar-refractivity contribution in [2.45, 2.75) is 6.04 Å². The maximum atomic E-state index is 12.4. The molecule has 6 heteroatoms. The standard InChI is InChI=1S/C16H13NO3S2/c1-20-16(19)14(12-7-4-8-21-12)17-15(18)13-9-10-5-2-3-6-11(10)22-13/h2-9,14H,1H3,(H,17,18). The largest absolute Gasteiger partial charge is 0.467 e. The van der Waals surface area contributed by atoms with Gasteiger partial charge in [-0.25, -0.2) is 4.79 Å². The van der Waals surface area contributed by atoms with E-state index in [1.807, 2.05) is 41.8 Å².